The number of carbonyl (C=O) groups excluding carboxylic acids is 1. The maximum Gasteiger partial charge on any atom is 0.349 e. The average molecular weight is 482 g/mol. The molecule has 1 aliphatic heterocycles. The van der Waals surface area contributed by atoms with Crippen LogP contribution in [0.1, 0.15) is 35.4 Å². The van der Waals surface area contributed by atoms with Crippen molar-refractivity contribution < 1.29 is 36.6 Å². The molecule has 1 spiro atoms. The number of hydrogen-bond acceptors (Lipinski definition) is 8. The summed E-state index contributed by atoms with van der Waals surface area (Å²) in [6.45, 7) is -3.02. The molecule has 1 saturated heterocycles. The van der Waals surface area contributed by atoms with Crippen molar-refractivity contribution in [3.05, 3.63) is 11.1 Å². The number of aromatic nitrogens is 1. The Morgan fingerprint density at radius 2 is 1.97 bits per heavy atom. The average Bonchev–Trinajstić information content (AvgIpc) is 3.18. The van der Waals surface area contributed by atoms with E-state index in [4.69, 9.17) is 4.74 Å². The molecule has 0 aromatic carbocycles. The van der Waals surface area contributed by atoms with Gasteiger partial charge in [0, 0.05) is 26.2 Å². The monoisotopic (exact) mass is 481 g/mol. The molecule has 0 amide bonds. The summed E-state index contributed by atoms with van der Waals surface area (Å²) in [5.41, 5.74) is 0.148. The van der Waals surface area contributed by atoms with E-state index in [1.807, 2.05) is 4.90 Å². The molecule has 0 N–H and O–H groups in total. The van der Waals surface area contributed by atoms with Crippen molar-refractivity contribution in [3.8, 4) is 0 Å². The normalized spacial score (nSPS) is 30.6. The molecule has 3 fully saturated rings. The summed E-state index contributed by atoms with van der Waals surface area (Å²) in [6.07, 6.45) is 4.47. The van der Waals surface area contributed by atoms with Gasteiger partial charge in [-0.25, -0.2) is 9.78 Å². The SMILES string of the molecule is COC(=O)c1cnc(N2CCN(CC3CC4(C3)CC(OC(F)F)C4)C[C@H]2COC(F)F)s1. The number of methoxy groups -OCH3 is 1. The van der Waals surface area contributed by atoms with Gasteiger partial charge >= 0.3 is 19.2 Å². The van der Waals surface area contributed by atoms with Crippen LogP contribution >= 0.6 is 11.3 Å². The fourth-order valence-corrected chi connectivity index (χ4v) is 6.33. The molecule has 1 atom stereocenters. The molecule has 7 nitrogen and oxygen atoms in total. The second-order valence-corrected chi connectivity index (χ2v) is 9.91. The fraction of sp³-hybridized carbons (Fsp3) is 0.800. The maximum atomic E-state index is 12.7. The van der Waals surface area contributed by atoms with Gasteiger partial charge < -0.3 is 19.1 Å². The Hall–Kier alpha value is -1.50. The predicted molar refractivity (Wildman–Crippen MR) is 108 cm³/mol. The van der Waals surface area contributed by atoms with E-state index < -0.39 is 19.2 Å². The Balaban J connectivity index is 1.30. The van der Waals surface area contributed by atoms with Crippen LogP contribution in [-0.2, 0) is 14.2 Å². The Kier molecular flexibility index (Phi) is 7.23. The number of nitrogens with zero attached hydrogens (tertiary/aromatic N) is 3. The van der Waals surface area contributed by atoms with Gasteiger partial charge in [-0.15, -0.1) is 0 Å². The molecule has 4 rings (SSSR count). The van der Waals surface area contributed by atoms with Gasteiger partial charge in [0.1, 0.15) is 4.88 Å². The van der Waals surface area contributed by atoms with Crippen LogP contribution in [0.5, 0.6) is 0 Å². The van der Waals surface area contributed by atoms with Gasteiger partial charge in [0.05, 0.1) is 32.1 Å². The number of alkyl halides is 4. The minimum absolute atomic E-state index is 0.148. The van der Waals surface area contributed by atoms with Gasteiger partial charge in [0.15, 0.2) is 5.13 Å². The van der Waals surface area contributed by atoms with Crippen molar-refractivity contribution in [1.82, 2.24) is 9.88 Å². The molecular formula is C20H27F4N3O4S. The van der Waals surface area contributed by atoms with E-state index in [9.17, 15) is 22.4 Å². The standard InChI is InChI=1S/C20H27F4N3O4S/c1-29-16(28)15-8-25-19(32-15)27-3-2-26(10-13(27)11-30-17(21)22)9-12-4-20(5-12)6-14(7-20)31-18(23)24/h8,12-14,17-18H,2-7,9-11H2,1H3/t12?,13-,14?,20?/m0/s1. The van der Waals surface area contributed by atoms with Crippen molar-refractivity contribution in [2.45, 2.75) is 51.1 Å². The smallest absolute Gasteiger partial charge is 0.349 e. The van der Waals surface area contributed by atoms with Crippen molar-refractivity contribution in [2.75, 3.05) is 44.8 Å². The number of esters is 1. The van der Waals surface area contributed by atoms with Crippen LogP contribution in [-0.4, -0.2) is 81.1 Å². The number of halogens is 4. The van der Waals surface area contributed by atoms with E-state index in [-0.39, 0.29) is 24.2 Å². The molecule has 0 radical (unpaired) electrons. The number of rotatable bonds is 9. The van der Waals surface area contributed by atoms with Crippen molar-refractivity contribution in [3.63, 3.8) is 0 Å². The number of anilines is 1. The first-order valence-corrected chi connectivity index (χ1v) is 11.4. The van der Waals surface area contributed by atoms with Crippen molar-refractivity contribution in [2.24, 2.45) is 11.3 Å². The molecule has 1 aromatic heterocycles. The lowest BCUT2D eigenvalue weighted by molar-refractivity contribution is -0.227. The van der Waals surface area contributed by atoms with E-state index in [0.29, 0.717) is 41.9 Å². The maximum absolute atomic E-state index is 12.7. The van der Waals surface area contributed by atoms with E-state index in [1.165, 1.54) is 24.6 Å². The van der Waals surface area contributed by atoms with Crippen molar-refractivity contribution in [1.29, 1.82) is 0 Å². The zero-order chi connectivity index (χ0) is 22.9. The van der Waals surface area contributed by atoms with Crippen LogP contribution in [0.3, 0.4) is 0 Å². The molecule has 32 heavy (non-hydrogen) atoms. The molecule has 3 aliphatic rings. The lowest BCUT2D eigenvalue weighted by Gasteiger charge is -2.58. The van der Waals surface area contributed by atoms with Crippen LogP contribution in [0, 0.1) is 11.3 Å². The van der Waals surface area contributed by atoms with Crippen LogP contribution in [0.2, 0.25) is 0 Å². The Bertz CT molecular complexity index is 785. The Labute approximate surface area is 187 Å². The third-order valence-corrected chi connectivity index (χ3v) is 7.70. The quantitative estimate of drug-likeness (QED) is 0.395. The minimum Gasteiger partial charge on any atom is -0.465 e. The topological polar surface area (TPSA) is 64.1 Å². The summed E-state index contributed by atoms with van der Waals surface area (Å²) < 4.78 is 63.9. The molecule has 0 unspecified atom stereocenters. The van der Waals surface area contributed by atoms with Crippen LogP contribution in [0.25, 0.3) is 0 Å². The number of hydrogen-bond donors (Lipinski definition) is 0. The number of piperazine rings is 1. The second kappa shape index (κ2) is 9.78. The molecule has 1 aromatic rings. The van der Waals surface area contributed by atoms with Gasteiger partial charge in [0.25, 0.3) is 0 Å². The number of thiazole rings is 1. The highest BCUT2D eigenvalue weighted by molar-refractivity contribution is 7.17. The molecule has 0 bridgehead atoms. The summed E-state index contributed by atoms with van der Waals surface area (Å²) in [7, 11) is 1.29. The summed E-state index contributed by atoms with van der Waals surface area (Å²) >= 11 is 1.17. The summed E-state index contributed by atoms with van der Waals surface area (Å²) in [4.78, 5) is 20.5. The first-order valence-electron chi connectivity index (χ1n) is 10.6. The second-order valence-electron chi connectivity index (χ2n) is 8.90. The molecular weight excluding hydrogens is 454 g/mol. The van der Waals surface area contributed by atoms with Gasteiger partial charge in [-0.1, -0.05) is 11.3 Å². The van der Waals surface area contributed by atoms with E-state index in [0.717, 1.165) is 25.9 Å². The first-order chi connectivity index (χ1) is 15.3. The summed E-state index contributed by atoms with van der Waals surface area (Å²) in [5.74, 6) is -0.0135. The molecule has 180 valence electrons. The van der Waals surface area contributed by atoms with Crippen LogP contribution in [0.4, 0.5) is 22.7 Å². The highest BCUT2D eigenvalue weighted by atomic mass is 32.1. The minimum atomic E-state index is -2.86. The van der Waals surface area contributed by atoms with Crippen LogP contribution in [0.15, 0.2) is 6.20 Å². The lowest BCUT2D eigenvalue weighted by atomic mass is 9.50. The van der Waals surface area contributed by atoms with Crippen molar-refractivity contribution >= 4 is 22.4 Å². The third kappa shape index (κ3) is 5.35. The zero-order valence-corrected chi connectivity index (χ0v) is 18.5. The van der Waals surface area contributed by atoms with Crippen LogP contribution < -0.4 is 4.90 Å². The number of carbonyl (C=O) groups is 1. The number of ether oxygens (including phenoxy) is 3. The predicted octanol–water partition coefficient (Wildman–Crippen LogP) is 3.46. The van der Waals surface area contributed by atoms with E-state index in [1.54, 1.807) is 0 Å². The Morgan fingerprint density at radius 1 is 1.22 bits per heavy atom. The summed E-state index contributed by atoms with van der Waals surface area (Å²) in [5, 5.41) is 0.579. The largest absolute Gasteiger partial charge is 0.465 e. The molecule has 2 aliphatic carbocycles. The van der Waals surface area contributed by atoms with E-state index in [2.05, 4.69) is 19.4 Å². The first kappa shape index (κ1) is 23.7. The highest BCUT2D eigenvalue weighted by Crippen LogP contribution is 2.59. The zero-order valence-electron chi connectivity index (χ0n) is 17.7. The van der Waals surface area contributed by atoms with E-state index >= 15 is 0 Å². The molecule has 2 heterocycles. The Morgan fingerprint density at radius 3 is 2.62 bits per heavy atom. The van der Waals surface area contributed by atoms with Gasteiger partial charge in [-0.05, 0) is 37.0 Å². The highest BCUT2D eigenvalue weighted by Gasteiger charge is 2.54. The molecule has 12 heteroatoms. The fourth-order valence-electron chi connectivity index (χ4n) is 5.40. The lowest BCUT2D eigenvalue weighted by Crippen LogP contribution is -2.58. The molecule has 2 saturated carbocycles. The summed E-state index contributed by atoms with van der Waals surface area (Å²) in [6, 6.07) is -0.323. The van der Waals surface area contributed by atoms with Gasteiger partial charge in [0.2, 0.25) is 0 Å². The van der Waals surface area contributed by atoms with Gasteiger partial charge in [-0.3, -0.25) is 4.90 Å². The van der Waals surface area contributed by atoms with Gasteiger partial charge in [-0.2, -0.15) is 17.6 Å². The third-order valence-electron chi connectivity index (χ3n) is 6.68.